The molecule has 0 heterocycles. The topological polar surface area (TPSA) is 36.9 Å². The Kier molecular flexibility index (Phi) is 15.4. The number of hydrogen-bond acceptors (Lipinski definition) is 4. The van der Waals surface area contributed by atoms with Crippen molar-refractivity contribution >= 4 is 16.6 Å². The summed E-state index contributed by atoms with van der Waals surface area (Å²) in [5.41, 5.74) is 4.60. The summed E-state index contributed by atoms with van der Waals surface area (Å²) in [6.45, 7) is 9.14. The van der Waals surface area contributed by atoms with Gasteiger partial charge in [-0.2, -0.15) is 0 Å². The van der Waals surface area contributed by atoms with Gasteiger partial charge in [-0.3, -0.25) is 0 Å². The Morgan fingerprint density at radius 1 is 0.327 bits per heavy atom. The quantitative estimate of drug-likeness (QED) is 0.166. The molecule has 6 saturated carbocycles. The molecule has 0 aromatic carbocycles. The molecule has 0 aliphatic heterocycles. The zero-order valence-corrected chi connectivity index (χ0v) is 36.5. The molecule has 0 atom stereocenters. The average Bonchev–Trinajstić information content (AvgIpc) is 3.14. The molecule has 0 aromatic heterocycles. The molecule has 0 unspecified atom stereocenters. The van der Waals surface area contributed by atoms with Crippen LogP contribution in [-0.4, -0.2) is 28.8 Å². The van der Waals surface area contributed by atoms with E-state index in [2.05, 4.69) is 27.7 Å². The van der Waals surface area contributed by atoms with Crippen molar-refractivity contribution in [2.75, 3.05) is 0 Å². The second-order valence-electron chi connectivity index (χ2n) is 18.8. The van der Waals surface area contributed by atoms with E-state index in [1.807, 2.05) is 0 Å². The van der Waals surface area contributed by atoms with E-state index < -0.39 is 34.8 Å². The predicted molar refractivity (Wildman–Crippen MR) is 207 cm³/mol. The molecule has 7 heteroatoms. The van der Waals surface area contributed by atoms with Crippen LogP contribution in [0.25, 0.3) is 0 Å². The fourth-order valence-electron chi connectivity index (χ4n) is 13.0. The van der Waals surface area contributed by atoms with Gasteiger partial charge in [0, 0.05) is 0 Å². The summed E-state index contributed by atoms with van der Waals surface area (Å²) in [6.07, 6.45) is 42.4. The van der Waals surface area contributed by atoms with Gasteiger partial charge in [0.25, 0.3) is 0 Å². The van der Waals surface area contributed by atoms with E-state index in [0.29, 0.717) is 0 Å². The van der Waals surface area contributed by atoms with E-state index in [9.17, 15) is 0 Å². The van der Waals surface area contributed by atoms with Crippen LogP contribution in [0.15, 0.2) is 0 Å². The molecule has 6 aliphatic carbocycles. The molecule has 0 saturated heterocycles. The molecule has 0 amide bonds. The Hall–Kier alpha value is 0.988. The molecule has 4 nitrogen and oxygen atoms in total. The summed E-state index contributed by atoms with van der Waals surface area (Å²) in [5.74, 6) is 0. The van der Waals surface area contributed by atoms with Gasteiger partial charge in [0.2, 0.25) is 0 Å². The van der Waals surface area contributed by atoms with E-state index in [1.165, 1.54) is 193 Å². The van der Waals surface area contributed by atoms with Crippen LogP contribution in [0.5, 0.6) is 0 Å². The summed E-state index contributed by atoms with van der Waals surface area (Å²) in [5, 5.41) is 0. The van der Waals surface area contributed by atoms with Gasteiger partial charge in [-0.1, -0.05) is 0 Å². The molecule has 0 aromatic rings. The van der Waals surface area contributed by atoms with Crippen molar-refractivity contribution in [1.29, 1.82) is 0 Å². The molecule has 6 rings (SSSR count). The van der Waals surface area contributed by atoms with Crippen molar-refractivity contribution in [2.24, 2.45) is 0 Å². The van der Waals surface area contributed by atoms with Gasteiger partial charge in [-0.15, -0.1) is 0 Å². The van der Waals surface area contributed by atoms with E-state index in [-0.39, 0.29) is 12.2 Å². The van der Waals surface area contributed by atoms with E-state index in [4.69, 9.17) is 12.7 Å². The van der Waals surface area contributed by atoms with Gasteiger partial charge in [-0.05, 0) is 0 Å². The van der Waals surface area contributed by atoms with E-state index in [0.717, 1.165) is 33.2 Å². The van der Waals surface area contributed by atoms with E-state index >= 15 is 0 Å². The second-order valence-corrected chi connectivity index (χ2v) is 31.7. The maximum absolute atomic E-state index is 8.69. The molecule has 6 fully saturated rings. The normalized spacial score (nSPS) is 26.6. The Labute approximate surface area is 311 Å². The first kappa shape index (κ1) is 39.7. The van der Waals surface area contributed by atoms with Crippen LogP contribution < -0.4 is 0 Å². The standard InChI is InChI=1S/2C18H33OSi.2C3H7O.Ti/c2*19-20(16-10-4-1-5-11-16,17-12-6-2-7-13-17)18-14-8-3-9-15-18;2*1-3(2)4;/h2*16-18H,1-15H2;2*3H,1-2H3;/q4*-1;+4. The van der Waals surface area contributed by atoms with Crippen molar-refractivity contribution in [2.45, 2.75) is 266 Å². The molecule has 6 aliphatic rings. The first-order chi connectivity index (χ1) is 23.9. The van der Waals surface area contributed by atoms with Gasteiger partial charge < -0.3 is 0 Å². The molecule has 284 valence electrons. The molecule has 0 spiro atoms. The average molecular weight is 753 g/mol. The predicted octanol–water partition coefficient (Wildman–Crippen LogP) is 14.6. The van der Waals surface area contributed by atoms with Crippen LogP contribution in [-0.2, 0) is 30.8 Å². The van der Waals surface area contributed by atoms with Gasteiger partial charge in [0.1, 0.15) is 0 Å². The third kappa shape index (κ3) is 9.45. The molecular formula is C42H80O4Si2Ti. The zero-order chi connectivity index (χ0) is 34.2. The van der Waals surface area contributed by atoms with Crippen LogP contribution in [0.4, 0.5) is 0 Å². The Morgan fingerprint density at radius 2 is 0.510 bits per heavy atom. The minimum atomic E-state index is -4.35. The van der Waals surface area contributed by atoms with Gasteiger partial charge in [0.05, 0.1) is 0 Å². The summed E-state index contributed by atoms with van der Waals surface area (Å²) in [4.78, 5) is 0. The monoisotopic (exact) mass is 753 g/mol. The Bertz CT molecular complexity index is 775. The number of rotatable bonds is 14. The first-order valence-electron chi connectivity index (χ1n) is 22.6. The molecule has 0 N–H and O–H groups in total. The van der Waals surface area contributed by atoms with Crippen molar-refractivity contribution in [3.05, 3.63) is 0 Å². The van der Waals surface area contributed by atoms with Crippen molar-refractivity contribution in [1.82, 2.24) is 0 Å². The summed E-state index contributed by atoms with van der Waals surface area (Å²) in [7, 11) is -4.76. The Morgan fingerprint density at radius 3 is 0.673 bits per heavy atom. The Balaban J connectivity index is 1.53. The maximum atomic E-state index is 8.69. The molecule has 49 heavy (non-hydrogen) atoms. The van der Waals surface area contributed by atoms with Crippen LogP contribution in [0.1, 0.15) is 220 Å². The summed E-state index contributed by atoms with van der Waals surface area (Å²) >= 11 is -4.35. The number of hydrogen-bond donors (Lipinski definition) is 0. The van der Waals surface area contributed by atoms with Crippen molar-refractivity contribution in [3.8, 4) is 0 Å². The minimum absolute atomic E-state index is 0.0743. The zero-order valence-electron chi connectivity index (χ0n) is 33.0. The first-order valence-corrected chi connectivity index (χ1v) is 29.5. The van der Waals surface area contributed by atoms with Crippen LogP contribution >= 0.6 is 0 Å². The van der Waals surface area contributed by atoms with Gasteiger partial charge >= 0.3 is 313 Å². The van der Waals surface area contributed by atoms with Crippen molar-refractivity contribution in [3.63, 3.8) is 0 Å². The second kappa shape index (κ2) is 19.0. The fraction of sp³-hybridized carbons (Fsp3) is 1.00. The molecule has 0 bridgehead atoms. The van der Waals surface area contributed by atoms with Crippen LogP contribution in [0.3, 0.4) is 0 Å². The van der Waals surface area contributed by atoms with Crippen LogP contribution in [0.2, 0.25) is 33.2 Å². The third-order valence-corrected chi connectivity index (χ3v) is 35.2. The summed E-state index contributed by atoms with van der Waals surface area (Å²) in [6, 6.07) is 0. The SMILES string of the molecule is CC(C)[O][Ti]([O]C(C)C)([O][Si](C1CCCCC1)(C1CCCCC1)C1CCCCC1)[O][Si](C1CCCCC1)(C1CCCCC1)C1CCCCC1. The molecule has 0 radical (unpaired) electrons. The fourth-order valence-corrected chi connectivity index (χ4v) is 39.2. The van der Waals surface area contributed by atoms with E-state index in [1.54, 1.807) is 0 Å². The van der Waals surface area contributed by atoms with Crippen molar-refractivity contribution < 1.29 is 30.8 Å². The van der Waals surface area contributed by atoms with Crippen LogP contribution in [0, 0.1) is 0 Å². The van der Waals surface area contributed by atoms with Gasteiger partial charge in [0.15, 0.2) is 0 Å². The summed E-state index contributed by atoms with van der Waals surface area (Å²) < 4.78 is 32.6. The third-order valence-electron chi connectivity index (χ3n) is 14.8. The van der Waals surface area contributed by atoms with Gasteiger partial charge in [-0.25, -0.2) is 0 Å². The molecular weight excluding hydrogens is 672 g/mol.